The van der Waals surface area contributed by atoms with Crippen LogP contribution >= 0.6 is 11.3 Å². The molecule has 158 valence electrons. The maximum absolute atomic E-state index is 6.15. The maximum atomic E-state index is 6.15. The fourth-order valence-corrected chi connectivity index (χ4v) is 4.17. The minimum absolute atomic E-state index is 0.0489. The van der Waals surface area contributed by atoms with Gasteiger partial charge in [-0.3, -0.25) is 4.99 Å². The molecular formula is C23H33N3O2S. The summed E-state index contributed by atoms with van der Waals surface area (Å²) in [5.41, 5.74) is 2.38. The van der Waals surface area contributed by atoms with Crippen molar-refractivity contribution >= 4 is 17.3 Å². The summed E-state index contributed by atoms with van der Waals surface area (Å²) in [7, 11) is 1.81. The molecule has 0 bridgehead atoms. The van der Waals surface area contributed by atoms with Crippen molar-refractivity contribution in [2.75, 3.05) is 33.4 Å². The number of aryl methyl sites for hydroxylation is 1. The van der Waals surface area contributed by atoms with E-state index in [1.165, 1.54) is 10.4 Å². The van der Waals surface area contributed by atoms with Crippen molar-refractivity contribution in [3.63, 3.8) is 0 Å². The van der Waals surface area contributed by atoms with Crippen LogP contribution in [0.3, 0.4) is 0 Å². The molecule has 1 unspecified atom stereocenters. The van der Waals surface area contributed by atoms with Gasteiger partial charge < -0.3 is 20.1 Å². The van der Waals surface area contributed by atoms with Gasteiger partial charge in [0.15, 0.2) is 5.96 Å². The molecule has 6 heteroatoms. The normalized spacial score (nSPS) is 17.4. The predicted octanol–water partition coefficient (Wildman–Crippen LogP) is 4.11. The fraction of sp³-hybridized carbons (Fsp3) is 0.522. The van der Waals surface area contributed by atoms with E-state index >= 15 is 0 Å². The van der Waals surface area contributed by atoms with Gasteiger partial charge in [-0.05, 0) is 36.4 Å². The Morgan fingerprint density at radius 2 is 2.17 bits per heavy atom. The lowest BCUT2D eigenvalue weighted by Gasteiger charge is -2.25. The monoisotopic (exact) mass is 415 g/mol. The van der Waals surface area contributed by atoms with E-state index in [0.717, 1.165) is 43.5 Å². The van der Waals surface area contributed by atoms with Gasteiger partial charge in [0.2, 0.25) is 0 Å². The molecule has 2 heterocycles. The Kier molecular flexibility index (Phi) is 7.56. The second kappa shape index (κ2) is 10.1. The third kappa shape index (κ3) is 6.21. The van der Waals surface area contributed by atoms with Gasteiger partial charge in [-0.1, -0.05) is 32.0 Å². The van der Waals surface area contributed by atoms with Crippen LogP contribution in [0.2, 0.25) is 0 Å². The van der Waals surface area contributed by atoms with Crippen molar-refractivity contribution in [3.05, 3.63) is 51.7 Å². The molecule has 1 aromatic carbocycles. The van der Waals surface area contributed by atoms with E-state index in [-0.39, 0.29) is 5.41 Å². The number of benzene rings is 1. The van der Waals surface area contributed by atoms with E-state index in [0.29, 0.717) is 19.1 Å². The number of ether oxygens (including phenoxy) is 2. The first-order valence-corrected chi connectivity index (χ1v) is 11.1. The molecule has 1 aromatic heterocycles. The van der Waals surface area contributed by atoms with Crippen molar-refractivity contribution in [1.82, 2.24) is 10.6 Å². The predicted molar refractivity (Wildman–Crippen MR) is 121 cm³/mol. The van der Waals surface area contributed by atoms with Gasteiger partial charge in [0.1, 0.15) is 5.75 Å². The van der Waals surface area contributed by atoms with E-state index in [4.69, 9.17) is 9.47 Å². The molecule has 1 saturated heterocycles. The van der Waals surface area contributed by atoms with Crippen LogP contribution in [-0.4, -0.2) is 39.4 Å². The van der Waals surface area contributed by atoms with Gasteiger partial charge >= 0.3 is 0 Å². The number of hydrogen-bond donors (Lipinski definition) is 2. The zero-order chi connectivity index (χ0) is 20.7. The van der Waals surface area contributed by atoms with E-state index in [2.05, 4.69) is 72.1 Å². The Balaban J connectivity index is 1.56. The number of aliphatic imine (C=N–C) groups is 1. The smallest absolute Gasteiger partial charge is 0.191 e. The minimum Gasteiger partial charge on any atom is -0.493 e. The molecule has 3 rings (SSSR count). The van der Waals surface area contributed by atoms with Crippen LogP contribution in [0.15, 0.2) is 40.7 Å². The topological polar surface area (TPSA) is 54.9 Å². The number of nitrogens with zero attached hydrogens (tertiary/aromatic N) is 1. The molecule has 5 nitrogen and oxygen atoms in total. The standard InChI is InChI=1S/C23H33N3O2S/c1-17-7-8-19(20(12-17)28-15-18-9-10-27-14-18)13-25-22(24-4)26-16-23(2,3)21-6-5-11-29-21/h5-8,11-12,18H,9-10,13-16H2,1-4H3,(H2,24,25,26). The van der Waals surface area contributed by atoms with Gasteiger partial charge in [-0.2, -0.15) is 0 Å². The summed E-state index contributed by atoms with van der Waals surface area (Å²) in [6.45, 7) is 10.4. The average molecular weight is 416 g/mol. The van der Waals surface area contributed by atoms with Crippen molar-refractivity contribution in [1.29, 1.82) is 0 Å². The molecule has 2 aromatic rings. The van der Waals surface area contributed by atoms with E-state index in [1.54, 1.807) is 18.4 Å². The molecule has 0 aliphatic carbocycles. The molecule has 0 spiro atoms. The van der Waals surface area contributed by atoms with Crippen molar-refractivity contribution < 1.29 is 9.47 Å². The summed E-state index contributed by atoms with van der Waals surface area (Å²) in [5, 5.41) is 9.02. The van der Waals surface area contributed by atoms with Gasteiger partial charge in [-0.25, -0.2) is 0 Å². The lowest BCUT2D eigenvalue weighted by molar-refractivity contribution is 0.166. The van der Waals surface area contributed by atoms with E-state index in [9.17, 15) is 0 Å². The summed E-state index contributed by atoms with van der Waals surface area (Å²) < 4.78 is 11.6. The molecule has 0 radical (unpaired) electrons. The molecule has 1 aliphatic rings. The van der Waals surface area contributed by atoms with Crippen LogP contribution in [-0.2, 0) is 16.7 Å². The number of hydrogen-bond acceptors (Lipinski definition) is 4. The lowest BCUT2D eigenvalue weighted by Crippen LogP contribution is -2.43. The summed E-state index contributed by atoms with van der Waals surface area (Å²) >= 11 is 1.79. The first-order chi connectivity index (χ1) is 14.0. The van der Waals surface area contributed by atoms with Gasteiger partial charge in [0, 0.05) is 48.5 Å². The van der Waals surface area contributed by atoms with Crippen LogP contribution < -0.4 is 15.4 Å². The Morgan fingerprint density at radius 3 is 2.86 bits per heavy atom. The summed E-state index contributed by atoms with van der Waals surface area (Å²) in [6, 6.07) is 10.7. The first-order valence-electron chi connectivity index (χ1n) is 10.3. The number of guanidine groups is 1. The highest BCUT2D eigenvalue weighted by Gasteiger charge is 2.22. The van der Waals surface area contributed by atoms with Gasteiger partial charge in [0.25, 0.3) is 0 Å². The quantitative estimate of drug-likeness (QED) is 0.503. The maximum Gasteiger partial charge on any atom is 0.191 e. The van der Waals surface area contributed by atoms with Crippen LogP contribution in [0.4, 0.5) is 0 Å². The van der Waals surface area contributed by atoms with Crippen LogP contribution in [0.5, 0.6) is 5.75 Å². The van der Waals surface area contributed by atoms with Crippen LogP contribution in [0.25, 0.3) is 0 Å². The molecule has 0 saturated carbocycles. The Hall–Kier alpha value is -2.05. The Morgan fingerprint density at radius 1 is 1.31 bits per heavy atom. The van der Waals surface area contributed by atoms with Crippen molar-refractivity contribution in [2.24, 2.45) is 10.9 Å². The van der Waals surface area contributed by atoms with Crippen LogP contribution in [0, 0.1) is 12.8 Å². The fourth-order valence-electron chi connectivity index (χ4n) is 3.32. The summed E-state index contributed by atoms with van der Waals surface area (Å²) in [6.07, 6.45) is 1.08. The highest BCUT2D eigenvalue weighted by atomic mass is 32.1. The number of nitrogens with one attached hydrogen (secondary N) is 2. The van der Waals surface area contributed by atoms with E-state index in [1.807, 2.05) is 0 Å². The van der Waals surface area contributed by atoms with Gasteiger partial charge in [-0.15, -0.1) is 11.3 Å². The zero-order valence-electron chi connectivity index (χ0n) is 18.0. The number of thiophene rings is 1. The summed E-state index contributed by atoms with van der Waals surface area (Å²) in [4.78, 5) is 5.75. The van der Waals surface area contributed by atoms with Crippen molar-refractivity contribution in [3.8, 4) is 5.75 Å². The molecular weight excluding hydrogens is 382 g/mol. The van der Waals surface area contributed by atoms with Gasteiger partial charge in [0.05, 0.1) is 13.2 Å². The average Bonchev–Trinajstić information content (AvgIpc) is 3.42. The second-order valence-corrected chi connectivity index (χ2v) is 9.24. The molecule has 1 atom stereocenters. The molecule has 2 N–H and O–H groups in total. The zero-order valence-corrected chi connectivity index (χ0v) is 18.8. The Labute approximate surface area is 178 Å². The first kappa shape index (κ1) is 21.7. The van der Waals surface area contributed by atoms with E-state index < -0.39 is 0 Å². The number of rotatable bonds is 8. The molecule has 0 amide bonds. The second-order valence-electron chi connectivity index (χ2n) is 8.29. The third-order valence-corrected chi connectivity index (χ3v) is 6.51. The Bertz CT molecular complexity index is 796. The molecule has 29 heavy (non-hydrogen) atoms. The molecule has 1 aliphatic heterocycles. The highest BCUT2D eigenvalue weighted by molar-refractivity contribution is 7.10. The highest BCUT2D eigenvalue weighted by Crippen LogP contribution is 2.26. The third-order valence-electron chi connectivity index (χ3n) is 5.28. The van der Waals surface area contributed by atoms with Crippen molar-refractivity contribution in [2.45, 2.75) is 39.2 Å². The largest absolute Gasteiger partial charge is 0.493 e. The molecule has 1 fully saturated rings. The lowest BCUT2D eigenvalue weighted by atomic mass is 9.91. The minimum atomic E-state index is 0.0489. The SMILES string of the molecule is CN=C(NCc1ccc(C)cc1OCC1CCOC1)NCC(C)(C)c1cccs1. The van der Waals surface area contributed by atoms with Crippen LogP contribution in [0.1, 0.15) is 36.3 Å². The summed E-state index contributed by atoms with van der Waals surface area (Å²) in [5.74, 6) is 2.23.